The van der Waals surface area contributed by atoms with Crippen LogP contribution in [0, 0.1) is 36.5 Å². The Morgan fingerprint density at radius 3 is 1.31 bits per heavy atom. The molecule has 6 rings (SSSR count). The number of aryl methyl sites for hydroxylation is 2. The molecule has 59 heavy (non-hydrogen) atoms. The van der Waals surface area contributed by atoms with E-state index in [1.54, 1.807) is 62.8 Å². The van der Waals surface area contributed by atoms with E-state index in [1.807, 2.05) is 13.8 Å². The topological polar surface area (TPSA) is 208 Å². The Hall–Kier alpha value is -7.14. The number of carbonyl (C=O) groups is 4. The predicted molar refractivity (Wildman–Crippen MR) is 222 cm³/mol. The van der Waals surface area contributed by atoms with Crippen molar-refractivity contribution in [2.24, 2.45) is 0 Å². The van der Waals surface area contributed by atoms with Gasteiger partial charge < -0.3 is 35.1 Å². The van der Waals surface area contributed by atoms with Crippen LogP contribution >= 0.6 is 22.7 Å². The summed E-state index contributed by atoms with van der Waals surface area (Å²) >= 11 is 2.37. The van der Waals surface area contributed by atoms with Crippen LogP contribution in [0.3, 0.4) is 0 Å². The molecule has 0 aliphatic rings. The van der Waals surface area contributed by atoms with Crippen LogP contribution < -0.4 is 20.1 Å². The number of hydrogen-bond acceptors (Lipinski definition) is 13. The Morgan fingerprint density at radius 2 is 0.983 bits per heavy atom. The van der Waals surface area contributed by atoms with E-state index >= 15 is 0 Å². The highest BCUT2D eigenvalue weighted by Gasteiger charge is 2.25. The molecule has 0 unspecified atom stereocenters. The number of aliphatic hydroxyl groups is 2. The van der Waals surface area contributed by atoms with Gasteiger partial charge in [0.05, 0.1) is 49.7 Å². The fraction of sp³-hybridized carbons (Fsp3) is 0.136. The Balaban J connectivity index is 1.21. The first kappa shape index (κ1) is 41.5. The van der Waals surface area contributed by atoms with Crippen LogP contribution in [0.25, 0.3) is 22.3 Å². The number of hydrogen-bond donors (Lipinski definition) is 4. The molecule has 13 nitrogen and oxygen atoms in total. The van der Waals surface area contributed by atoms with E-state index < -0.39 is 37.0 Å². The van der Waals surface area contributed by atoms with Gasteiger partial charge in [-0.05, 0) is 84.6 Å². The number of thiophene rings is 2. The Kier molecular flexibility index (Phi) is 12.6. The smallest absolute Gasteiger partial charge is 0.346 e. The number of esters is 2. The molecular formula is C44H34N4O9S2. The average molecular weight is 827 g/mol. The molecular weight excluding hydrogens is 793 g/mol. The number of nitrogens with zero attached hydrogens (tertiary/aromatic N) is 2. The molecule has 0 fully saturated rings. The number of methoxy groups -OCH3 is 2. The second-order valence-electron chi connectivity index (χ2n) is 12.8. The summed E-state index contributed by atoms with van der Waals surface area (Å²) in [5.74, 6) is -2.43. The van der Waals surface area contributed by atoms with E-state index in [4.69, 9.17) is 14.2 Å². The number of benzene rings is 4. The Morgan fingerprint density at radius 1 is 0.610 bits per heavy atom. The second-order valence-corrected chi connectivity index (χ2v) is 15.3. The van der Waals surface area contributed by atoms with E-state index in [-0.39, 0.29) is 54.5 Å². The van der Waals surface area contributed by atoms with Crippen LogP contribution in [0.2, 0.25) is 0 Å². The predicted octanol–water partition coefficient (Wildman–Crippen LogP) is 8.01. The molecule has 0 spiro atoms. The number of nitrogens with one attached hydrogen (secondary N) is 2. The molecule has 15 heteroatoms. The quantitative estimate of drug-likeness (QED) is 0.0686. The van der Waals surface area contributed by atoms with Crippen LogP contribution in [0.4, 0.5) is 10.0 Å². The van der Waals surface area contributed by atoms with Crippen molar-refractivity contribution in [3.05, 3.63) is 139 Å². The molecule has 6 aromatic rings. The van der Waals surface area contributed by atoms with Crippen molar-refractivity contribution in [3.63, 3.8) is 0 Å². The lowest BCUT2D eigenvalue weighted by Crippen LogP contribution is -2.18. The van der Waals surface area contributed by atoms with Gasteiger partial charge in [-0.3, -0.25) is 9.59 Å². The molecule has 0 bridgehead atoms. The van der Waals surface area contributed by atoms with Crippen molar-refractivity contribution in [3.8, 4) is 45.9 Å². The fourth-order valence-electron chi connectivity index (χ4n) is 6.34. The van der Waals surface area contributed by atoms with Gasteiger partial charge in [0.2, 0.25) is 0 Å². The molecule has 2 amide bonds. The van der Waals surface area contributed by atoms with Gasteiger partial charge in [0.15, 0.2) is 0 Å². The van der Waals surface area contributed by atoms with Crippen LogP contribution in [-0.4, -0.2) is 48.2 Å². The minimum absolute atomic E-state index is 0.0997. The molecule has 4 aromatic carbocycles. The van der Waals surface area contributed by atoms with Crippen molar-refractivity contribution in [2.75, 3.05) is 24.9 Å². The number of carbonyl (C=O) groups excluding carboxylic acids is 4. The molecule has 0 saturated carbocycles. The highest BCUT2D eigenvalue weighted by Crippen LogP contribution is 2.41. The van der Waals surface area contributed by atoms with Gasteiger partial charge in [-0.1, -0.05) is 36.4 Å². The van der Waals surface area contributed by atoms with Crippen LogP contribution in [0.5, 0.6) is 11.5 Å². The van der Waals surface area contributed by atoms with Gasteiger partial charge in [0, 0.05) is 32.0 Å². The van der Waals surface area contributed by atoms with E-state index in [9.17, 15) is 39.9 Å². The highest BCUT2D eigenvalue weighted by atomic mass is 32.1. The monoisotopic (exact) mass is 826 g/mol. The maximum atomic E-state index is 13.6. The highest BCUT2D eigenvalue weighted by molar-refractivity contribution is 7.17. The third kappa shape index (κ3) is 8.59. The zero-order valence-corrected chi connectivity index (χ0v) is 33.6. The van der Waals surface area contributed by atoms with E-state index in [1.165, 1.54) is 46.9 Å². The SMILES string of the molecule is COc1ccc(-c2c(C)sc(NC(=O)c3cc(C(=O)OC(=O)c4ccc(CO)c(C(=O)Nc5sc(C)c(-c6ccc(OC)cc6)c5C#N)c4)ccc3CO)c2C#N)cc1. The summed E-state index contributed by atoms with van der Waals surface area (Å²) in [6, 6.07) is 26.1. The maximum absolute atomic E-state index is 13.6. The standard InChI is InChI=1S/C44H34N4O9S2/c1-23-37(25-9-13-31(55-3)14-10-25)35(19-45)41(58-23)47-39(51)33-17-27(5-7-29(33)21-49)43(53)57-44(54)28-6-8-30(22-50)34(18-28)40(52)48-42-36(20-46)38(24(2)59-42)26-11-15-32(56-4)16-12-26/h5-18,49-50H,21-22H2,1-4H3,(H,47,51)(H,48,52). The minimum atomic E-state index is -1.13. The lowest BCUT2D eigenvalue weighted by atomic mass is 10.0. The van der Waals surface area contributed by atoms with Gasteiger partial charge >= 0.3 is 11.9 Å². The summed E-state index contributed by atoms with van der Waals surface area (Å²) in [5.41, 5.74) is 2.95. The maximum Gasteiger partial charge on any atom is 0.346 e. The zero-order chi connectivity index (χ0) is 42.4. The van der Waals surface area contributed by atoms with Gasteiger partial charge in [-0.2, -0.15) is 10.5 Å². The Bertz CT molecular complexity index is 2520. The third-order valence-electron chi connectivity index (χ3n) is 9.31. The molecule has 0 radical (unpaired) electrons. The fourth-order valence-corrected chi connectivity index (χ4v) is 8.38. The molecule has 0 aliphatic heterocycles. The number of anilines is 2. The van der Waals surface area contributed by atoms with Gasteiger partial charge in [0.1, 0.15) is 33.6 Å². The van der Waals surface area contributed by atoms with Crippen LogP contribution in [-0.2, 0) is 18.0 Å². The normalized spacial score (nSPS) is 10.6. The second kappa shape index (κ2) is 18.0. The number of amides is 2. The zero-order valence-electron chi connectivity index (χ0n) is 32.0. The first-order chi connectivity index (χ1) is 28.4. The van der Waals surface area contributed by atoms with Crippen molar-refractivity contribution < 1.29 is 43.6 Å². The molecule has 0 saturated heterocycles. The molecule has 2 aromatic heterocycles. The summed E-state index contributed by atoms with van der Waals surface area (Å²) in [4.78, 5) is 55.4. The molecule has 4 N–H and O–H groups in total. The van der Waals surface area contributed by atoms with Crippen molar-refractivity contribution in [1.29, 1.82) is 10.5 Å². The lowest BCUT2D eigenvalue weighted by Gasteiger charge is -2.12. The number of nitriles is 2. The Labute approximate surface area is 346 Å². The number of aliphatic hydroxyl groups excluding tert-OH is 2. The van der Waals surface area contributed by atoms with Crippen molar-refractivity contribution in [2.45, 2.75) is 27.1 Å². The summed E-state index contributed by atoms with van der Waals surface area (Å²) in [6.07, 6.45) is 0. The third-order valence-corrected chi connectivity index (χ3v) is 11.4. The van der Waals surface area contributed by atoms with Crippen LogP contribution in [0.1, 0.15) is 73.4 Å². The summed E-state index contributed by atoms with van der Waals surface area (Å²) < 4.78 is 15.6. The van der Waals surface area contributed by atoms with Crippen LogP contribution in [0.15, 0.2) is 84.9 Å². The molecule has 0 atom stereocenters. The van der Waals surface area contributed by atoms with E-state index in [0.29, 0.717) is 22.6 Å². The number of ether oxygens (including phenoxy) is 3. The van der Waals surface area contributed by atoms with Gasteiger partial charge in [-0.15, -0.1) is 22.7 Å². The first-order valence-corrected chi connectivity index (χ1v) is 19.3. The van der Waals surface area contributed by atoms with E-state index in [2.05, 4.69) is 22.8 Å². The van der Waals surface area contributed by atoms with Gasteiger partial charge in [0.25, 0.3) is 11.8 Å². The minimum Gasteiger partial charge on any atom is -0.497 e. The summed E-state index contributed by atoms with van der Waals surface area (Å²) in [7, 11) is 3.09. The average Bonchev–Trinajstić information content (AvgIpc) is 3.75. The van der Waals surface area contributed by atoms with E-state index in [0.717, 1.165) is 33.0 Å². The van der Waals surface area contributed by atoms with Gasteiger partial charge in [-0.25, -0.2) is 9.59 Å². The van der Waals surface area contributed by atoms with Crippen molar-refractivity contribution in [1.82, 2.24) is 0 Å². The summed E-state index contributed by atoms with van der Waals surface area (Å²) in [5, 5.41) is 46.2. The van der Waals surface area contributed by atoms with Crippen molar-refractivity contribution >= 4 is 56.4 Å². The first-order valence-electron chi connectivity index (χ1n) is 17.7. The number of rotatable bonds is 12. The molecule has 2 heterocycles. The largest absolute Gasteiger partial charge is 0.497 e. The lowest BCUT2D eigenvalue weighted by molar-refractivity contribution is 0.0397. The summed E-state index contributed by atoms with van der Waals surface area (Å²) in [6.45, 7) is 2.51. The molecule has 296 valence electrons. The molecule has 0 aliphatic carbocycles.